The zero-order valence-corrected chi connectivity index (χ0v) is 15.5. The maximum Gasteiger partial charge on any atom is 0.257 e. The highest BCUT2D eigenvalue weighted by Gasteiger charge is 2.17. The van der Waals surface area contributed by atoms with E-state index in [0.29, 0.717) is 11.2 Å². The third-order valence-corrected chi connectivity index (χ3v) is 4.60. The topological polar surface area (TPSA) is 62.5 Å². The van der Waals surface area contributed by atoms with Gasteiger partial charge in [-0.15, -0.1) is 0 Å². The van der Waals surface area contributed by atoms with Gasteiger partial charge in [0.05, 0.1) is 12.2 Å². The summed E-state index contributed by atoms with van der Waals surface area (Å²) >= 11 is 0. The molecule has 6 heteroatoms. The average Bonchev–Trinajstić information content (AvgIpc) is 3.10. The zero-order valence-electron chi connectivity index (χ0n) is 15.5. The highest BCUT2D eigenvalue weighted by Crippen LogP contribution is 2.15. The second kappa shape index (κ2) is 8.10. The van der Waals surface area contributed by atoms with E-state index in [1.807, 2.05) is 49.6 Å². The molecule has 0 unspecified atom stereocenters. The number of amides is 1. The molecule has 1 amide bonds. The van der Waals surface area contributed by atoms with Crippen molar-refractivity contribution in [2.45, 2.75) is 33.4 Å². The van der Waals surface area contributed by atoms with Crippen molar-refractivity contribution in [1.29, 1.82) is 0 Å². The van der Waals surface area contributed by atoms with E-state index < -0.39 is 0 Å². The molecule has 0 saturated heterocycles. The minimum absolute atomic E-state index is 0.0828. The second-order valence-corrected chi connectivity index (χ2v) is 6.36. The summed E-state index contributed by atoms with van der Waals surface area (Å²) < 4.78 is 1.68. The predicted molar refractivity (Wildman–Crippen MR) is 102 cm³/mol. The molecular weight excluding hydrogens is 326 g/mol. The normalized spacial score (nSPS) is 12.5. The second-order valence-electron chi connectivity index (χ2n) is 6.36. The Morgan fingerprint density at radius 3 is 2.62 bits per heavy atom. The Morgan fingerprint density at radius 1 is 1.19 bits per heavy atom. The van der Waals surface area contributed by atoms with Crippen LogP contribution in [0.25, 0.3) is 5.65 Å². The van der Waals surface area contributed by atoms with Crippen LogP contribution >= 0.6 is 0 Å². The minimum Gasteiger partial charge on any atom is -0.345 e. The Morgan fingerprint density at radius 2 is 1.92 bits per heavy atom. The van der Waals surface area contributed by atoms with Crippen molar-refractivity contribution in [2.75, 3.05) is 13.1 Å². The maximum atomic E-state index is 12.6. The lowest BCUT2D eigenvalue weighted by Crippen LogP contribution is -2.26. The Balaban J connectivity index is 1.77. The smallest absolute Gasteiger partial charge is 0.257 e. The fraction of sp³-hybridized carbons (Fsp3) is 0.350. The molecule has 1 aromatic carbocycles. The number of rotatable bonds is 7. The van der Waals surface area contributed by atoms with Gasteiger partial charge in [-0.05, 0) is 25.6 Å². The molecule has 0 aliphatic carbocycles. The summed E-state index contributed by atoms with van der Waals surface area (Å²) in [5, 5.41) is 7.33. The van der Waals surface area contributed by atoms with Gasteiger partial charge < -0.3 is 5.32 Å². The number of carbonyl (C=O) groups excluding carboxylic acids is 1. The molecule has 0 aliphatic rings. The first-order valence-corrected chi connectivity index (χ1v) is 9.02. The van der Waals surface area contributed by atoms with E-state index in [4.69, 9.17) is 0 Å². The van der Waals surface area contributed by atoms with Crippen molar-refractivity contribution < 1.29 is 4.79 Å². The van der Waals surface area contributed by atoms with Crippen molar-refractivity contribution >= 4 is 11.6 Å². The Bertz CT molecular complexity index is 870. The lowest BCUT2D eigenvalue weighted by Gasteiger charge is -2.17. The van der Waals surface area contributed by atoms with Crippen molar-refractivity contribution in [3.05, 3.63) is 65.6 Å². The Kier molecular flexibility index (Phi) is 5.63. The van der Waals surface area contributed by atoms with Gasteiger partial charge in [0.25, 0.3) is 5.91 Å². The molecule has 2 aromatic heterocycles. The molecule has 26 heavy (non-hydrogen) atoms. The Labute approximate surface area is 153 Å². The fourth-order valence-corrected chi connectivity index (χ4v) is 2.96. The minimum atomic E-state index is -0.166. The molecular formula is C20H25N5O. The van der Waals surface area contributed by atoms with E-state index in [-0.39, 0.29) is 11.9 Å². The van der Waals surface area contributed by atoms with Gasteiger partial charge in [-0.3, -0.25) is 9.69 Å². The van der Waals surface area contributed by atoms with Crippen LogP contribution in [-0.2, 0) is 6.54 Å². The van der Waals surface area contributed by atoms with Gasteiger partial charge in [0.1, 0.15) is 5.56 Å². The number of benzene rings is 1. The molecule has 6 nitrogen and oxygen atoms in total. The molecule has 0 fully saturated rings. The van der Waals surface area contributed by atoms with Crippen molar-refractivity contribution in [1.82, 2.24) is 24.8 Å². The van der Waals surface area contributed by atoms with Crippen LogP contribution in [0.2, 0.25) is 0 Å². The van der Waals surface area contributed by atoms with E-state index in [0.717, 1.165) is 30.8 Å². The van der Waals surface area contributed by atoms with Gasteiger partial charge >= 0.3 is 0 Å². The molecule has 3 aromatic rings. The summed E-state index contributed by atoms with van der Waals surface area (Å²) in [4.78, 5) is 19.4. The van der Waals surface area contributed by atoms with Crippen LogP contribution in [0.15, 0.2) is 48.9 Å². The molecule has 136 valence electrons. The van der Waals surface area contributed by atoms with Crippen LogP contribution in [0.4, 0.5) is 0 Å². The number of hydrogen-bond acceptors (Lipinski definition) is 4. The number of hydrogen-bond donors (Lipinski definition) is 1. The van der Waals surface area contributed by atoms with Crippen molar-refractivity contribution in [3.8, 4) is 0 Å². The largest absolute Gasteiger partial charge is 0.345 e. The SMILES string of the molecule is CCN(CC)Cc1cnc2c(C(=O)N[C@@H](C)c3ccccc3)cnn2c1. The molecule has 0 bridgehead atoms. The van der Waals surface area contributed by atoms with Gasteiger partial charge in [0.2, 0.25) is 0 Å². The van der Waals surface area contributed by atoms with E-state index in [1.165, 1.54) is 0 Å². The first kappa shape index (κ1) is 18.1. The van der Waals surface area contributed by atoms with Gasteiger partial charge in [0, 0.05) is 24.5 Å². The van der Waals surface area contributed by atoms with Crippen molar-refractivity contribution in [2.24, 2.45) is 0 Å². The van der Waals surface area contributed by atoms with Crippen LogP contribution < -0.4 is 5.32 Å². The highest BCUT2D eigenvalue weighted by atomic mass is 16.1. The average molecular weight is 351 g/mol. The van der Waals surface area contributed by atoms with E-state index in [2.05, 4.69) is 34.1 Å². The number of aromatic nitrogens is 3. The van der Waals surface area contributed by atoms with Gasteiger partial charge in [0.15, 0.2) is 5.65 Å². The fourth-order valence-electron chi connectivity index (χ4n) is 2.96. The molecule has 2 heterocycles. The number of carbonyl (C=O) groups is 1. The Hall–Kier alpha value is -2.73. The monoisotopic (exact) mass is 351 g/mol. The molecule has 0 spiro atoms. The van der Waals surface area contributed by atoms with Crippen LogP contribution in [0.1, 0.15) is 48.3 Å². The summed E-state index contributed by atoms with van der Waals surface area (Å²) in [6.07, 6.45) is 5.35. The molecule has 0 aliphatic heterocycles. The van der Waals surface area contributed by atoms with Crippen LogP contribution in [0.3, 0.4) is 0 Å². The van der Waals surface area contributed by atoms with Gasteiger partial charge in [-0.2, -0.15) is 5.10 Å². The third-order valence-electron chi connectivity index (χ3n) is 4.60. The van der Waals surface area contributed by atoms with Crippen LogP contribution in [0, 0.1) is 0 Å². The van der Waals surface area contributed by atoms with Gasteiger partial charge in [-0.25, -0.2) is 9.50 Å². The first-order chi connectivity index (χ1) is 12.6. The lowest BCUT2D eigenvalue weighted by molar-refractivity contribution is 0.0941. The highest BCUT2D eigenvalue weighted by molar-refractivity contribution is 5.99. The standard InChI is InChI=1S/C20H25N5O/c1-4-24(5-2)13-16-11-21-19-18(12-22-25(19)14-16)20(26)23-15(3)17-9-7-6-8-10-17/h6-12,14-15H,4-5,13H2,1-3H3,(H,23,26)/t15-/m0/s1. The summed E-state index contributed by atoms with van der Waals surface area (Å²) in [7, 11) is 0. The van der Waals surface area contributed by atoms with E-state index >= 15 is 0 Å². The van der Waals surface area contributed by atoms with Crippen molar-refractivity contribution in [3.63, 3.8) is 0 Å². The van der Waals surface area contributed by atoms with E-state index in [1.54, 1.807) is 10.7 Å². The number of fused-ring (bicyclic) bond motifs is 1. The predicted octanol–water partition coefficient (Wildman–Crippen LogP) is 3.06. The maximum absolute atomic E-state index is 12.6. The molecule has 1 N–H and O–H groups in total. The first-order valence-electron chi connectivity index (χ1n) is 9.02. The van der Waals surface area contributed by atoms with Crippen LogP contribution in [-0.4, -0.2) is 38.5 Å². The summed E-state index contributed by atoms with van der Waals surface area (Å²) in [6, 6.07) is 9.81. The molecule has 3 rings (SSSR count). The number of nitrogens with zero attached hydrogens (tertiary/aromatic N) is 4. The quantitative estimate of drug-likeness (QED) is 0.711. The lowest BCUT2D eigenvalue weighted by atomic mass is 10.1. The van der Waals surface area contributed by atoms with E-state index in [9.17, 15) is 4.79 Å². The molecule has 0 radical (unpaired) electrons. The number of nitrogens with one attached hydrogen (secondary N) is 1. The zero-order chi connectivity index (χ0) is 18.5. The summed E-state index contributed by atoms with van der Waals surface area (Å²) in [5.41, 5.74) is 3.20. The summed E-state index contributed by atoms with van der Waals surface area (Å²) in [5.74, 6) is -0.166. The third kappa shape index (κ3) is 3.91. The molecule has 1 atom stereocenters. The summed E-state index contributed by atoms with van der Waals surface area (Å²) in [6.45, 7) is 9.04. The van der Waals surface area contributed by atoms with Gasteiger partial charge in [-0.1, -0.05) is 44.2 Å². The van der Waals surface area contributed by atoms with Crippen LogP contribution in [0.5, 0.6) is 0 Å². The molecule has 0 saturated carbocycles.